The van der Waals surface area contributed by atoms with E-state index in [1.54, 1.807) is 0 Å². The molecule has 0 amide bonds. The van der Waals surface area contributed by atoms with E-state index in [1.807, 2.05) is 6.07 Å². The van der Waals surface area contributed by atoms with E-state index >= 15 is 0 Å². The molecule has 0 spiro atoms. The van der Waals surface area contributed by atoms with Gasteiger partial charge in [0.2, 0.25) is 0 Å². The molecular formula is C16H25N3Si. The summed E-state index contributed by atoms with van der Waals surface area (Å²) in [6, 6.07) is 8.92. The third-order valence-electron chi connectivity index (χ3n) is 4.12. The molecule has 3 nitrogen and oxygen atoms in total. The van der Waals surface area contributed by atoms with Gasteiger partial charge < -0.3 is 5.32 Å². The first-order chi connectivity index (χ1) is 9.69. The zero-order chi connectivity index (χ0) is 14.5. The number of hydrogen-bond donors (Lipinski definition) is 3. The SMILES string of the molecule is CCCC[SiH](CCCC)c1cccc2c1C(=N)NC2=N. The Morgan fingerprint density at radius 1 is 1.00 bits per heavy atom. The average Bonchev–Trinajstić information content (AvgIpc) is 2.75. The van der Waals surface area contributed by atoms with Gasteiger partial charge in [-0.15, -0.1) is 0 Å². The van der Waals surface area contributed by atoms with E-state index < -0.39 is 8.80 Å². The van der Waals surface area contributed by atoms with Crippen molar-refractivity contribution in [2.45, 2.75) is 51.6 Å². The van der Waals surface area contributed by atoms with Crippen LogP contribution in [0.15, 0.2) is 18.2 Å². The van der Waals surface area contributed by atoms with Gasteiger partial charge in [0.1, 0.15) is 11.7 Å². The molecule has 2 rings (SSSR count). The van der Waals surface area contributed by atoms with E-state index in [1.165, 1.54) is 43.0 Å². The topological polar surface area (TPSA) is 59.7 Å². The normalized spacial score (nSPS) is 13.8. The van der Waals surface area contributed by atoms with Crippen molar-refractivity contribution in [2.75, 3.05) is 0 Å². The third kappa shape index (κ3) is 3.01. The van der Waals surface area contributed by atoms with Crippen molar-refractivity contribution in [1.29, 1.82) is 10.8 Å². The standard InChI is InChI=1S/C16H25N3Si/c1-3-5-10-20(11-6-4-2)13-9-7-8-12-14(13)16(18)19-15(12)17/h7-9,20H,3-6,10-11H2,1-2H3,(H3,17,18,19). The largest absolute Gasteiger partial charge is 0.325 e. The second-order valence-electron chi connectivity index (χ2n) is 5.63. The summed E-state index contributed by atoms with van der Waals surface area (Å²) in [6.45, 7) is 4.50. The Labute approximate surface area is 123 Å². The van der Waals surface area contributed by atoms with Crippen LogP contribution in [0.3, 0.4) is 0 Å². The number of hydrogen-bond acceptors (Lipinski definition) is 2. The highest BCUT2D eigenvalue weighted by Gasteiger charge is 2.27. The molecule has 1 aliphatic heterocycles. The van der Waals surface area contributed by atoms with Gasteiger partial charge in [-0.25, -0.2) is 0 Å². The minimum atomic E-state index is -1.02. The molecule has 0 radical (unpaired) electrons. The van der Waals surface area contributed by atoms with Crippen LogP contribution in [-0.4, -0.2) is 20.5 Å². The molecule has 4 heteroatoms. The fourth-order valence-corrected chi connectivity index (χ4v) is 6.81. The molecule has 3 N–H and O–H groups in total. The Hall–Kier alpha value is -1.42. The second-order valence-corrected chi connectivity index (χ2v) is 8.80. The Kier molecular flexibility index (Phi) is 5.12. The summed E-state index contributed by atoms with van der Waals surface area (Å²) < 4.78 is 0. The molecule has 0 aliphatic carbocycles. The average molecular weight is 287 g/mol. The molecule has 0 fully saturated rings. The lowest BCUT2D eigenvalue weighted by Crippen LogP contribution is -2.35. The zero-order valence-electron chi connectivity index (χ0n) is 12.6. The van der Waals surface area contributed by atoms with Gasteiger partial charge in [0.15, 0.2) is 0 Å². The van der Waals surface area contributed by atoms with Crippen molar-refractivity contribution >= 4 is 25.7 Å². The summed E-state index contributed by atoms with van der Waals surface area (Å²) in [5, 5.41) is 20.3. The van der Waals surface area contributed by atoms with Crippen LogP contribution in [0, 0.1) is 10.8 Å². The minimum absolute atomic E-state index is 0.394. The molecule has 1 aromatic carbocycles. The first-order valence-electron chi connectivity index (χ1n) is 7.76. The van der Waals surface area contributed by atoms with Gasteiger partial charge >= 0.3 is 0 Å². The van der Waals surface area contributed by atoms with E-state index in [0.717, 1.165) is 11.1 Å². The number of unbranched alkanes of at least 4 members (excludes halogenated alkanes) is 2. The van der Waals surface area contributed by atoms with Crippen molar-refractivity contribution in [3.63, 3.8) is 0 Å². The predicted molar refractivity (Wildman–Crippen MR) is 89.4 cm³/mol. The number of fused-ring (bicyclic) bond motifs is 1. The molecule has 0 saturated carbocycles. The van der Waals surface area contributed by atoms with Crippen molar-refractivity contribution in [2.24, 2.45) is 0 Å². The Bertz CT molecular complexity index is 502. The lowest BCUT2D eigenvalue weighted by molar-refractivity contribution is 0.845. The van der Waals surface area contributed by atoms with Crippen LogP contribution in [-0.2, 0) is 0 Å². The summed E-state index contributed by atoms with van der Waals surface area (Å²) in [4.78, 5) is 0. The fourth-order valence-electron chi connectivity index (χ4n) is 3.01. The van der Waals surface area contributed by atoms with Crippen LogP contribution >= 0.6 is 0 Å². The summed E-state index contributed by atoms with van der Waals surface area (Å²) >= 11 is 0. The highest BCUT2D eigenvalue weighted by Crippen LogP contribution is 2.18. The monoisotopic (exact) mass is 287 g/mol. The van der Waals surface area contributed by atoms with Crippen molar-refractivity contribution in [3.8, 4) is 0 Å². The molecular weight excluding hydrogens is 262 g/mol. The molecule has 1 heterocycles. The summed E-state index contributed by atoms with van der Waals surface area (Å²) in [7, 11) is -1.02. The molecule has 0 atom stereocenters. The van der Waals surface area contributed by atoms with Gasteiger partial charge in [-0.3, -0.25) is 10.8 Å². The van der Waals surface area contributed by atoms with E-state index in [-0.39, 0.29) is 0 Å². The van der Waals surface area contributed by atoms with Crippen LogP contribution in [0.25, 0.3) is 0 Å². The second kappa shape index (κ2) is 6.84. The molecule has 0 aromatic heterocycles. The number of benzene rings is 1. The highest BCUT2D eigenvalue weighted by molar-refractivity contribution is 6.74. The third-order valence-corrected chi connectivity index (χ3v) is 7.69. The fraction of sp³-hybridized carbons (Fsp3) is 0.500. The minimum Gasteiger partial charge on any atom is -0.325 e. The van der Waals surface area contributed by atoms with Gasteiger partial charge in [-0.2, -0.15) is 0 Å². The van der Waals surface area contributed by atoms with Crippen LogP contribution < -0.4 is 10.5 Å². The quantitative estimate of drug-likeness (QED) is 0.663. The van der Waals surface area contributed by atoms with E-state index in [9.17, 15) is 0 Å². The number of nitrogens with one attached hydrogen (secondary N) is 3. The van der Waals surface area contributed by atoms with Gasteiger partial charge in [-0.1, -0.05) is 75.0 Å². The summed E-state index contributed by atoms with van der Waals surface area (Å²) in [6.07, 6.45) is 5.08. The molecule has 0 unspecified atom stereocenters. The molecule has 1 aromatic rings. The molecule has 20 heavy (non-hydrogen) atoms. The summed E-state index contributed by atoms with van der Waals surface area (Å²) in [5.74, 6) is 0.830. The maximum atomic E-state index is 8.12. The summed E-state index contributed by atoms with van der Waals surface area (Å²) in [5.41, 5.74) is 1.96. The number of rotatable bonds is 7. The molecule has 0 saturated heterocycles. The first kappa shape index (κ1) is 15.0. The highest BCUT2D eigenvalue weighted by atomic mass is 28.3. The van der Waals surface area contributed by atoms with E-state index in [4.69, 9.17) is 10.8 Å². The first-order valence-corrected chi connectivity index (χ1v) is 9.97. The van der Waals surface area contributed by atoms with E-state index in [2.05, 4.69) is 31.3 Å². The molecule has 0 bridgehead atoms. The zero-order valence-corrected chi connectivity index (χ0v) is 13.7. The van der Waals surface area contributed by atoms with Crippen LogP contribution in [0.2, 0.25) is 12.1 Å². The van der Waals surface area contributed by atoms with Crippen molar-refractivity contribution in [3.05, 3.63) is 29.3 Å². The van der Waals surface area contributed by atoms with Gasteiger partial charge in [-0.05, 0) is 0 Å². The van der Waals surface area contributed by atoms with Gasteiger partial charge in [0.05, 0.1) is 8.80 Å². The maximum absolute atomic E-state index is 8.12. The van der Waals surface area contributed by atoms with Crippen molar-refractivity contribution in [1.82, 2.24) is 5.32 Å². The van der Waals surface area contributed by atoms with Gasteiger partial charge in [0, 0.05) is 11.1 Å². The van der Waals surface area contributed by atoms with Crippen LogP contribution in [0.4, 0.5) is 0 Å². The maximum Gasteiger partial charge on any atom is 0.131 e. The van der Waals surface area contributed by atoms with Crippen molar-refractivity contribution < 1.29 is 0 Å². The Morgan fingerprint density at radius 2 is 1.65 bits per heavy atom. The number of amidine groups is 2. The lowest BCUT2D eigenvalue weighted by Gasteiger charge is -2.18. The van der Waals surface area contributed by atoms with Crippen LogP contribution in [0.5, 0.6) is 0 Å². The Balaban J connectivity index is 2.33. The lowest BCUT2D eigenvalue weighted by atomic mass is 10.1. The van der Waals surface area contributed by atoms with E-state index in [0.29, 0.717) is 11.7 Å². The molecule has 108 valence electrons. The Morgan fingerprint density at radius 3 is 2.25 bits per heavy atom. The predicted octanol–water partition coefficient (Wildman–Crippen LogP) is 2.97. The van der Waals surface area contributed by atoms with Gasteiger partial charge in [0.25, 0.3) is 0 Å². The van der Waals surface area contributed by atoms with Crippen LogP contribution in [0.1, 0.15) is 50.7 Å². The molecule has 1 aliphatic rings. The smallest absolute Gasteiger partial charge is 0.131 e.